The molecule has 0 heterocycles. The van der Waals surface area contributed by atoms with Crippen LogP contribution in [0.5, 0.6) is 11.5 Å². The van der Waals surface area contributed by atoms with E-state index in [2.05, 4.69) is 5.32 Å². The third-order valence-corrected chi connectivity index (χ3v) is 2.15. The van der Waals surface area contributed by atoms with Gasteiger partial charge in [0.2, 0.25) is 0 Å². The molecule has 1 atom stereocenters. The molecule has 0 aliphatic heterocycles. The van der Waals surface area contributed by atoms with Gasteiger partial charge in [-0.1, -0.05) is 6.07 Å². The first kappa shape index (κ1) is 13.4. The molecule has 1 N–H and O–H groups in total. The Morgan fingerprint density at radius 1 is 1.24 bits per heavy atom. The van der Waals surface area contributed by atoms with E-state index in [0.29, 0.717) is 11.5 Å². The molecule has 0 fully saturated rings. The van der Waals surface area contributed by atoms with Crippen LogP contribution in [-0.4, -0.2) is 25.2 Å². The maximum atomic E-state index is 11.6. The van der Waals surface area contributed by atoms with E-state index in [-0.39, 0.29) is 11.9 Å². The number of methoxy groups -OCH3 is 1. The molecule has 0 saturated heterocycles. The van der Waals surface area contributed by atoms with Gasteiger partial charge in [0, 0.05) is 12.1 Å². The van der Waals surface area contributed by atoms with Gasteiger partial charge >= 0.3 is 0 Å². The molecule has 1 rings (SSSR count). The molecule has 94 valence electrons. The van der Waals surface area contributed by atoms with Gasteiger partial charge in [-0.3, -0.25) is 4.79 Å². The van der Waals surface area contributed by atoms with E-state index in [4.69, 9.17) is 9.47 Å². The summed E-state index contributed by atoms with van der Waals surface area (Å²) in [5, 5.41) is 2.80. The second-order valence-electron chi connectivity index (χ2n) is 4.10. The highest BCUT2D eigenvalue weighted by atomic mass is 16.5. The Kier molecular flexibility index (Phi) is 4.82. The van der Waals surface area contributed by atoms with Gasteiger partial charge < -0.3 is 14.8 Å². The number of carbonyl (C=O) groups is 1. The van der Waals surface area contributed by atoms with Crippen LogP contribution in [0.25, 0.3) is 0 Å². The molecular formula is C13H19NO3. The summed E-state index contributed by atoms with van der Waals surface area (Å²) in [6, 6.07) is 7.30. The van der Waals surface area contributed by atoms with Crippen molar-refractivity contribution in [3.8, 4) is 11.5 Å². The van der Waals surface area contributed by atoms with E-state index < -0.39 is 6.10 Å². The molecule has 4 heteroatoms. The monoisotopic (exact) mass is 237 g/mol. The lowest BCUT2D eigenvalue weighted by molar-refractivity contribution is -0.127. The molecule has 0 aliphatic rings. The first-order valence-corrected chi connectivity index (χ1v) is 5.64. The van der Waals surface area contributed by atoms with E-state index in [1.807, 2.05) is 26.0 Å². The minimum Gasteiger partial charge on any atom is -0.497 e. The molecular weight excluding hydrogens is 218 g/mol. The predicted octanol–water partition coefficient (Wildman–Crippen LogP) is 1.99. The standard InChI is InChI=1S/C13H19NO3/c1-9(2)14-13(15)10(3)17-12-7-5-6-11(8-12)16-4/h5-10H,1-4H3,(H,14,15). The summed E-state index contributed by atoms with van der Waals surface area (Å²) in [5.74, 6) is 1.21. The molecule has 1 amide bonds. The van der Waals surface area contributed by atoms with Gasteiger partial charge in [0.15, 0.2) is 6.10 Å². The van der Waals surface area contributed by atoms with Crippen molar-refractivity contribution in [2.24, 2.45) is 0 Å². The smallest absolute Gasteiger partial charge is 0.260 e. The molecule has 0 spiro atoms. The molecule has 0 aromatic heterocycles. The molecule has 0 aliphatic carbocycles. The van der Waals surface area contributed by atoms with Gasteiger partial charge in [-0.15, -0.1) is 0 Å². The van der Waals surface area contributed by atoms with Crippen molar-refractivity contribution < 1.29 is 14.3 Å². The summed E-state index contributed by atoms with van der Waals surface area (Å²) in [6.07, 6.45) is -0.524. The number of rotatable bonds is 5. The second kappa shape index (κ2) is 6.13. The van der Waals surface area contributed by atoms with E-state index in [1.165, 1.54) is 0 Å². The van der Waals surface area contributed by atoms with Gasteiger partial charge in [0.1, 0.15) is 11.5 Å². The first-order chi connectivity index (χ1) is 8.02. The van der Waals surface area contributed by atoms with Gasteiger partial charge in [-0.05, 0) is 32.9 Å². The lowest BCUT2D eigenvalue weighted by Gasteiger charge is -2.16. The fourth-order valence-electron chi connectivity index (χ4n) is 1.33. The average Bonchev–Trinajstić information content (AvgIpc) is 2.28. The Morgan fingerprint density at radius 3 is 2.47 bits per heavy atom. The summed E-state index contributed by atoms with van der Waals surface area (Å²) in [6.45, 7) is 5.55. The number of carbonyl (C=O) groups excluding carboxylic acids is 1. The zero-order chi connectivity index (χ0) is 12.8. The van der Waals surface area contributed by atoms with Crippen molar-refractivity contribution in [2.75, 3.05) is 7.11 Å². The molecule has 0 bridgehead atoms. The zero-order valence-corrected chi connectivity index (χ0v) is 10.7. The van der Waals surface area contributed by atoms with E-state index in [1.54, 1.807) is 26.2 Å². The third kappa shape index (κ3) is 4.34. The Morgan fingerprint density at radius 2 is 1.88 bits per heavy atom. The quantitative estimate of drug-likeness (QED) is 0.852. The number of hydrogen-bond acceptors (Lipinski definition) is 3. The molecule has 1 aromatic carbocycles. The second-order valence-corrected chi connectivity index (χ2v) is 4.10. The fraction of sp³-hybridized carbons (Fsp3) is 0.462. The van der Waals surface area contributed by atoms with Crippen LogP contribution in [0.15, 0.2) is 24.3 Å². The van der Waals surface area contributed by atoms with Crippen molar-refractivity contribution in [3.05, 3.63) is 24.3 Å². The highest BCUT2D eigenvalue weighted by molar-refractivity contribution is 5.80. The summed E-state index contributed by atoms with van der Waals surface area (Å²) >= 11 is 0. The minimum atomic E-state index is -0.524. The number of benzene rings is 1. The summed E-state index contributed by atoms with van der Waals surface area (Å²) in [7, 11) is 1.59. The number of nitrogens with one attached hydrogen (secondary N) is 1. The van der Waals surface area contributed by atoms with Crippen molar-refractivity contribution >= 4 is 5.91 Å². The number of hydrogen-bond donors (Lipinski definition) is 1. The van der Waals surface area contributed by atoms with Crippen LogP contribution in [0, 0.1) is 0 Å². The van der Waals surface area contributed by atoms with Crippen LogP contribution in [0.3, 0.4) is 0 Å². The molecule has 0 radical (unpaired) electrons. The predicted molar refractivity (Wildman–Crippen MR) is 66.4 cm³/mol. The molecule has 1 aromatic rings. The normalized spacial score (nSPS) is 12.1. The topological polar surface area (TPSA) is 47.6 Å². The first-order valence-electron chi connectivity index (χ1n) is 5.64. The Labute approximate surface area is 102 Å². The van der Waals surface area contributed by atoms with Crippen molar-refractivity contribution in [1.29, 1.82) is 0 Å². The lowest BCUT2D eigenvalue weighted by Crippen LogP contribution is -2.40. The van der Waals surface area contributed by atoms with Gasteiger partial charge in [0.05, 0.1) is 7.11 Å². The zero-order valence-electron chi connectivity index (χ0n) is 10.7. The van der Waals surface area contributed by atoms with Crippen molar-refractivity contribution in [2.45, 2.75) is 32.9 Å². The molecule has 17 heavy (non-hydrogen) atoms. The number of amides is 1. The van der Waals surface area contributed by atoms with E-state index in [0.717, 1.165) is 0 Å². The van der Waals surface area contributed by atoms with Gasteiger partial charge in [-0.2, -0.15) is 0 Å². The van der Waals surface area contributed by atoms with Crippen LogP contribution in [0.2, 0.25) is 0 Å². The van der Waals surface area contributed by atoms with E-state index in [9.17, 15) is 4.79 Å². The fourth-order valence-corrected chi connectivity index (χ4v) is 1.33. The summed E-state index contributed by atoms with van der Waals surface area (Å²) < 4.78 is 10.6. The van der Waals surface area contributed by atoms with Crippen LogP contribution in [0.1, 0.15) is 20.8 Å². The summed E-state index contributed by atoms with van der Waals surface area (Å²) in [5.41, 5.74) is 0. The Hall–Kier alpha value is -1.71. The minimum absolute atomic E-state index is 0.110. The summed E-state index contributed by atoms with van der Waals surface area (Å²) in [4.78, 5) is 11.6. The van der Waals surface area contributed by atoms with Crippen LogP contribution >= 0.6 is 0 Å². The highest BCUT2D eigenvalue weighted by Crippen LogP contribution is 2.19. The lowest BCUT2D eigenvalue weighted by atomic mass is 10.3. The number of ether oxygens (including phenoxy) is 2. The largest absolute Gasteiger partial charge is 0.497 e. The highest BCUT2D eigenvalue weighted by Gasteiger charge is 2.15. The molecule has 4 nitrogen and oxygen atoms in total. The van der Waals surface area contributed by atoms with Crippen molar-refractivity contribution in [3.63, 3.8) is 0 Å². The Balaban J connectivity index is 2.60. The SMILES string of the molecule is COc1cccc(OC(C)C(=O)NC(C)C)c1. The van der Waals surface area contributed by atoms with Crippen molar-refractivity contribution in [1.82, 2.24) is 5.32 Å². The van der Waals surface area contributed by atoms with Crippen LogP contribution in [0.4, 0.5) is 0 Å². The van der Waals surface area contributed by atoms with E-state index >= 15 is 0 Å². The van der Waals surface area contributed by atoms with Gasteiger partial charge in [0.25, 0.3) is 5.91 Å². The third-order valence-electron chi connectivity index (χ3n) is 2.15. The molecule has 1 unspecified atom stereocenters. The van der Waals surface area contributed by atoms with Crippen LogP contribution < -0.4 is 14.8 Å². The molecule has 0 saturated carbocycles. The average molecular weight is 237 g/mol. The Bertz CT molecular complexity index is 377. The van der Waals surface area contributed by atoms with Crippen LogP contribution in [-0.2, 0) is 4.79 Å². The maximum Gasteiger partial charge on any atom is 0.260 e. The maximum absolute atomic E-state index is 11.6. The van der Waals surface area contributed by atoms with Gasteiger partial charge in [-0.25, -0.2) is 0 Å².